The Hall–Kier alpha value is -4.21. The van der Waals surface area contributed by atoms with E-state index in [-0.39, 0.29) is 0 Å². The number of unbranched alkanes of at least 4 members (excludes halogenated alkanes) is 4. The summed E-state index contributed by atoms with van der Waals surface area (Å²) in [5, 5.41) is 0. The van der Waals surface area contributed by atoms with Gasteiger partial charge in [0.2, 0.25) is 0 Å². The third-order valence-corrected chi connectivity index (χ3v) is 7.73. The summed E-state index contributed by atoms with van der Waals surface area (Å²) in [6.07, 6.45) is 15.0. The molecule has 1 aromatic carbocycles. The van der Waals surface area contributed by atoms with E-state index in [2.05, 4.69) is 150 Å². The van der Waals surface area contributed by atoms with E-state index < -0.39 is 0 Å². The fourth-order valence-electron chi connectivity index (χ4n) is 5.21. The monoisotopic (exact) mass is 556 g/mol. The van der Waals surface area contributed by atoms with Gasteiger partial charge in [0.15, 0.2) is 35.7 Å². The van der Waals surface area contributed by atoms with Gasteiger partial charge in [-0.2, -0.15) is 0 Å². The number of hydrogen-bond acceptors (Lipinski definition) is 0. The molecule has 0 aliphatic heterocycles. The largest absolute Gasteiger partial charge is 0.203 e. The number of aryl methyl sites for hydroxylation is 7. The molecule has 3 heteroatoms. The molecular weight excluding hydrogens is 510 g/mol. The molecule has 0 saturated carbocycles. The predicted molar refractivity (Wildman–Crippen MR) is 170 cm³/mol. The van der Waals surface area contributed by atoms with Crippen molar-refractivity contribution in [2.24, 2.45) is 0 Å². The number of aromatic nitrogens is 3. The molecule has 0 amide bonds. The van der Waals surface area contributed by atoms with E-state index in [1.807, 2.05) is 0 Å². The minimum atomic E-state index is 0.889. The number of pyridine rings is 3. The van der Waals surface area contributed by atoms with Crippen molar-refractivity contribution in [3.05, 3.63) is 125 Å². The third-order valence-electron chi connectivity index (χ3n) is 7.73. The van der Waals surface area contributed by atoms with Crippen LogP contribution < -0.4 is 13.7 Å². The maximum Gasteiger partial charge on any atom is 0.178 e. The van der Waals surface area contributed by atoms with Crippen LogP contribution in [-0.4, -0.2) is 0 Å². The van der Waals surface area contributed by atoms with Crippen molar-refractivity contribution in [3.8, 4) is 23.7 Å². The van der Waals surface area contributed by atoms with Crippen molar-refractivity contribution in [1.29, 1.82) is 0 Å². The van der Waals surface area contributed by atoms with Crippen LogP contribution in [0.25, 0.3) is 0 Å². The van der Waals surface area contributed by atoms with Gasteiger partial charge in [0.25, 0.3) is 0 Å². The minimum Gasteiger partial charge on any atom is -0.203 e. The lowest BCUT2D eigenvalue weighted by molar-refractivity contribution is -0.703. The van der Waals surface area contributed by atoms with Crippen LogP contribution >= 0.6 is 0 Å². The molecule has 0 fully saturated rings. The molecule has 0 spiro atoms. The molecule has 0 saturated heterocycles. The van der Waals surface area contributed by atoms with Crippen molar-refractivity contribution < 1.29 is 13.7 Å². The van der Waals surface area contributed by atoms with E-state index in [4.69, 9.17) is 0 Å². The summed E-state index contributed by atoms with van der Waals surface area (Å²) in [5.74, 6) is 13.8. The van der Waals surface area contributed by atoms with Gasteiger partial charge in [0, 0.05) is 100 Å². The second kappa shape index (κ2) is 16.9. The second-order valence-corrected chi connectivity index (χ2v) is 11.1. The SMILES string of the molecule is Cc1cccc[n+]1CCCC#Cc1cc(C#CCCC[n+]2ccccc2C)cc(CCCCC[n+]2ccccc2C)c1. The normalized spacial score (nSPS) is 10.5. The van der Waals surface area contributed by atoms with Gasteiger partial charge in [-0.3, -0.25) is 0 Å². The molecule has 0 N–H and O–H groups in total. The first kappa shape index (κ1) is 30.7. The Morgan fingerprint density at radius 3 is 1.40 bits per heavy atom. The van der Waals surface area contributed by atoms with Gasteiger partial charge in [0.05, 0.1) is 0 Å². The minimum absolute atomic E-state index is 0.889. The lowest BCUT2D eigenvalue weighted by atomic mass is 10.0. The summed E-state index contributed by atoms with van der Waals surface area (Å²) in [6, 6.07) is 25.8. The van der Waals surface area contributed by atoms with Gasteiger partial charge in [-0.15, -0.1) is 0 Å². The van der Waals surface area contributed by atoms with Crippen molar-refractivity contribution in [3.63, 3.8) is 0 Å². The lowest BCUT2D eigenvalue weighted by Gasteiger charge is -2.05. The van der Waals surface area contributed by atoms with E-state index in [0.29, 0.717) is 0 Å². The summed E-state index contributed by atoms with van der Waals surface area (Å²) >= 11 is 0. The fraction of sp³-hybridized carbons (Fsp3) is 0.359. The van der Waals surface area contributed by atoms with Crippen molar-refractivity contribution in [1.82, 2.24) is 0 Å². The van der Waals surface area contributed by atoms with Crippen molar-refractivity contribution >= 4 is 0 Å². The highest BCUT2D eigenvalue weighted by atomic mass is 15.0. The van der Waals surface area contributed by atoms with Crippen LogP contribution in [0.4, 0.5) is 0 Å². The summed E-state index contributed by atoms with van der Waals surface area (Å²) in [6.45, 7) is 9.57. The van der Waals surface area contributed by atoms with Gasteiger partial charge in [-0.25, -0.2) is 13.7 Å². The Morgan fingerprint density at radius 1 is 0.500 bits per heavy atom. The van der Waals surface area contributed by atoms with Gasteiger partial charge >= 0.3 is 0 Å². The predicted octanol–water partition coefficient (Wildman–Crippen LogP) is 6.55. The van der Waals surface area contributed by atoms with Crippen molar-refractivity contribution in [2.75, 3.05) is 0 Å². The maximum atomic E-state index is 3.45. The summed E-state index contributed by atoms with van der Waals surface area (Å²) < 4.78 is 6.94. The van der Waals surface area contributed by atoms with Crippen LogP contribution in [0.3, 0.4) is 0 Å². The number of hydrogen-bond donors (Lipinski definition) is 0. The van der Waals surface area contributed by atoms with Gasteiger partial charge in [-0.05, 0) is 43.0 Å². The standard InChI is InChI=1S/C39H46N3/c1-34-19-10-16-28-40(34)25-13-4-7-22-37-31-38(23-8-5-14-26-41-29-17-11-20-35(41)2)33-39(32-37)24-9-6-15-27-42-30-18-12-21-36(42)3/h10-12,16-21,28-33H,4-7,13-15,22,25-27H2,1-3H3/q+3. The van der Waals surface area contributed by atoms with Gasteiger partial charge in [-0.1, -0.05) is 41.9 Å². The first-order valence-corrected chi connectivity index (χ1v) is 15.6. The first-order chi connectivity index (χ1) is 20.6. The molecule has 0 atom stereocenters. The van der Waals surface area contributed by atoms with Crippen LogP contribution in [-0.2, 0) is 26.1 Å². The molecule has 3 aromatic heterocycles. The molecular formula is C39H46N3+3. The number of nitrogens with zero attached hydrogens (tertiary/aromatic N) is 3. The van der Waals surface area contributed by atoms with E-state index in [0.717, 1.165) is 62.9 Å². The highest BCUT2D eigenvalue weighted by Gasteiger charge is 2.06. The Balaban J connectivity index is 1.34. The Labute approximate surface area is 253 Å². The number of rotatable bonds is 12. The Bertz CT molecular complexity index is 1470. The van der Waals surface area contributed by atoms with E-state index >= 15 is 0 Å². The zero-order chi connectivity index (χ0) is 29.4. The molecule has 4 rings (SSSR count). The molecule has 0 aliphatic carbocycles. The zero-order valence-electron chi connectivity index (χ0n) is 25.8. The third kappa shape index (κ3) is 10.3. The Morgan fingerprint density at radius 2 is 0.952 bits per heavy atom. The lowest BCUT2D eigenvalue weighted by Crippen LogP contribution is -2.36. The molecule has 214 valence electrons. The number of benzene rings is 1. The molecule has 3 nitrogen and oxygen atoms in total. The first-order valence-electron chi connectivity index (χ1n) is 15.6. The second-order valence-electron chi connectivity index (χ2n) is 11.1. The average molecular weight is 557 g/mol. The average Bonchev–Trinajstić information content (AvgIpc) is 2.99. The van der Waals surface area contributed by atoms with Crippen LogP contribution in [0.2, 0.25) is 0 Å². The van der Waals surface area contributed by atoms with Crippen LogP contribution in [0, 0.1) is 44.5 Å². The van der Waals surface area contributed by atoms with E-state index in [1.165, 1.54) is 41.9 Å². The quantitative estimate of drug-likeness (QED) is 0.107. The highest BCUT2D eigenvalue weighted by Crippen LogP contribution is 2.13. The Kier molecular flexibility index (Phi) is 12.4. The van der Waals surface area contributed by atoms with Gasteiger partial charge < -0.3 is 0 Å². The summed E-state index contributed by atoms with van der Waals surface area (Å²) in [4.78, 5) is 0. The summed E-state index contributed by atoms with van der Waals surface area (Å²) in [5.41, 5.74) is 7.42. The maximum absolute atomic E-state index is 3.45. The van der Waals surface area contributed by atoms with Gasteiger partial charge in [0.1, 0.15) is 19.6 Å². The molecule has 0 aliphatic rings. The smallest absolute Gasteiger partial charge is 0.178 e. The van der Waals surface area contributed by atoms with Crippen LogP contribution in [0.5, 0.6) is 0 Å². The summed E-state index contributed by atoms with van der Waals surface area (Å²) in [7, 11) is 0. The highest BCUT2D eigenvalue weighted by molar-refractivity contribution is 5.46. The van der Waals surface area contributed by atoms with E-state index in [9.17, 15) is 0 Å². The molecule has 4 aromatic rings. The zero-order valence-corrected chi connectivity index (χ0v) is 25.8. The molecule has 42 heavy (non-hydrogen) atoms. The molecule has 0 unspecified atom stereocenters. The molecule has 0 bridgehead atoms. The van der Waals surface area contributed by atoms with Crippen molar-refractivity contribution in [2.45, 2.75) is 91.8 Å². The molecule has 0 radical (unpaired) electrons. The van der Waals surface area contributed by atoms with E-state index in [1.54, 1.807) is 0 Å². The topological polar surface area (TPSA) is 11.6 Å². The molecule has 3 heterocycles. The fourth-order valence-corrected chi connectivity index (χ4v) is 5.21. The van der Waals surface area contributed by atoms with Crippen LogP contribution in [0.1, 0.15) is 78.7 Å². The van der Waals surface area contributed by atoms with Crippen LogP contribution in [0.15, 0.2) is 91.4 Å².